The van der Waals surface area contributed by atoms with Gasteiger partial charge < -0.3 is 0 Å². The molecule has 4 atom stereocenters. The van der Waals surface area contributed by atoms with Crippen LogP contribution in [0.1, 0.15) is 78.1 Å². The summed E-state index contributed by atoms with van der Waals surface area (Å²) >= 11 is 1.44. The Hall–Kier alpha value is -0.310. The first-order valence-corrected chi connectivity index (χ1v) is 10.3. The molecule has 0 saturated heterocycles. The molecule has 2 aliphatic carbocycles. The van der Waals surface area contributed by atoms with E-state index < -0.39 is 0 Å². The van der Waals surface area contributed by atoms with E-state index in [9.17, 15) is 9.59 Å². The summed E-state index contributed by atoms with van der Waals surface area (Å²) in [5.41, 5.74) is 0. The second kappa shape index (κ2) is 9.10. The van der Waals surface area contributed by atoms with Crippen molar-refractivity contribution >= 4 is 22.7 Å². The van der Waals surface area contributed by atoms with Gasteiger partial charge >= 0.3 is 0 Å². The molecule has 4 unspecified atom stereocenters. The molecule has 2 saturated carbocycles. The zero-order valence-electron chi connectivity index (χ0n) is 14.3. The van der Waals surface area contributed by atoms with Gasteiger partial charge in [-0.25, -0.2) is 0 Å². The number of hydrogen-bond donors (Lipinski definition) is 0. The molecule has 2 aliphatic rings. The molecule has 22 heavy (non-hydrogen) atoms. The monoisotopic (exact) mass is 324 g/mol. The highest BCUT2D eigenvalue weighted by Crippen LogP contribution is 2.45. The minimum atomic E-state index is 0.165. The summed E-state index contributed by atoms with van der Waals surface area (Å²) in [6, 6.07) is 0. The van der Waals surface area contributed by atoms with Gasteiger partial charge in [0.2, 0.25) is 0 Å². The third-order valence-electron chi connectivity index (χ3n) is 5.74. The van der Waals surface area contributed by atoms with Gasteiger partial charge in [0.25, 0.3) is 0 Å². The fraction of sp³-hybridized carbons (Fsp3) is 0.895. The fourth-order valence-corrected chi connectivity index (χ4v) is 5.44. The molecule has 0 radical (unpaired) electrons. The van der Waals surface area contributed by atoms with E-state index in [1.807, 2.05) is 6.92 Å². The van der Waals surface area contributed by atoms with Gasteiger partial charge in [0.05, 0.1) is 0 Å². The summed E-state index contributed by atoms with van der Waals surface area (Å²) in [6.07, 6.45) is 11.5. The summed E-state index contributed by atoms with van der Waals surface area (Å²) in [5.74, 6) is 2.94. The Morgan fingerprint density at radius 1 is 1.09 bits per heavy atom. The molecule has 0 amide bonds. The van der Waals surface area contributed by atoms with Crippen LogP contribution in [-0.2, 0) is 9.59 Å². The van der Waals surface area contributed by atoms with Crippen LogP contribution < -0.4 is 0 Å². The molecule has 3 heteroatoms. The molecule has 2 nitrogen and oxygen atoms in total. The van der Waals surface area contributed by atoms with Gasteiger partial charge in [-0.15, -0.1) is 0 Å². The molecule has 0 bridgehead atoms. The minimum Gasteiger partial charge on any atom is -0.299 e. The van der Waals surface area contributed by atoms with E-state index >= 15 is 0 Å². The van der Waals surface area contributed by atoms with Gasteiger partial charge in [-0.3, -0.25) is 9.59 Å². The Morgan fingerprint density at radius 2 is 1.82 bits per heavy atom. The number of carbonyl (C=O) groups excluding carboxylic acids is 2. The molecule has 0 N–H and O–H groups in total. The number of carbonyl (C=O) groups is 2. The van der Waals surface area contributed by atoms with Crippen LogP contribution in [0.15, 0.2) is 0 Å². The van der Waals surface area contributed by atoms with E-state index in [2.05, 4.69) is 6.92 Å². The first-order valence-electron chi connectivity index (χ1n) is 9.32. The van der Waals surface area contributed by atoms with Crippen LogP contribution in [0, 0.1) is 23.7 Å². The van der Waals surface area contributed by atoms with E-state index in [1.165, 1.54) is 50.3 Å². The Labute approximate surface area is 140 Å². The third-order valence-corrected chi connectivity index (χ3v) is 6.74. The average Bonchev–Trinajstić information content (AvgIpc) is 2.54. The lowest BCUT2D eigenvalue weighted by atomic mass is 9.66. The van der Waals surface area contributed by atoms with Crippen LogP contribution in [0.4, 0.5) is 0 Å². The SMILES string of the molecule is CCCC(C)C(=O)CCSC(=O)C1CCCC2CCCCC21. The standard InChI is InChI=1S/C19H32O2S/c1-3-7-14(2)18(20)12-13-22-19(21)17-11-6-9-15-8-4-5-10-16(15)17/h14-17H,3-13H2,1-2H3. The molecule has 0 aromatic rings. The van der Waals surface area contributed by atoms with E-state index in [-0.39, 0.29) is 11.8 Å². The van der Waals surface area contributed by atoms with E-state index in [0.717, 1.165) is 25.2 Å². The zero-order chi connectivity index (χ0) is 15.9. The lowest BCUT2D eigenvalue weighted by Gasteiger charge is -2.40. The summed E-state index contributed by atoms with van der Waals surface area (Å²) in [6.45, 7) is 4.14. The molecule has 0 aromatic carbocycles. The summed E-state index contributed by atoms with van der Waals surface area (Å²) < 4.78 is 0. The summed E-state index contributed by atoms with van der Waals surface area (Å²) in [4.78, 5) is 24.6. The molecular weight excluding hydrogens is 292 g/mol. The van der Waals surface area contributed by atoms with Crippen molar-refractivity contribution in [1.29, 1.82) is 0 Å². The average molecular weight is 325 g/mol. The highest BCUT2D eigenvalue weighted by Gasteiger charge is 2.38. The second-order valence-electron chi connectivity index (χ2n) is 7.32. The number of Topliss-reactive ketones (excluding diaryl/α,β-unsaturated/α-hetero) is 1. The van der Waals surface area contributed by atoms with Gasteiger partial charge in [-0.05, 0) is 31.1 Å². The largest absolute Gasteiger partial charge is 0.299 e. The number of fused-ring (bicyclic) bond motifs is 1. The first-order chi connectivity index (χ1) is 10.6. The number of hydrogen-bond acceptors (Lipinski definition) is 3. The van der Waals surface area contributed by atoms with Crippen LogP contribution in [0.3, 0.4) is 0 Å². The number of rotatable bonds is 7. The zero-order valence-corrected chi connectivity index (χ0v) is 15.1. The predicted molar refractivity (Wildman–Crippen MR) is 94.0 cm³/mol. The minimum absolute atomic E-state index is 0.165. The maximum absolute atomic E-state index is 12.6. The van der Waals surface area contributed by atoms with Gasteiger partial charge in [-0.2, -0.15) is 0 Å². The van der Waals surface area contributed by atoms with Crippen molar-refractivity contribution in [3.05, 3.63) is 0 Å². The van der Waals surface area contributed by atoms with Crippen LogP contribution in [0.2, 0.25) is 0 Å². The van der Waals surface area contributed by atoms with Crippen molar-refractivity contribution in [2.75, 3.05) is 5.75 Å². The van der Waals surface area contributed by atoms with Crippen molar-refractivity contribution in [3.63, 3.8) is 0 Å². The molecule has 0 aliphatic heterocycles. The molecule has 126 valence electrons. The highest BCUT2D eigenvalue weighted by molar-refractivity contribution is 8.13. The Kier molecular flexibility index (Phi) is 7.46. The van der Waals surface area contributed by atoms with Gasteiger partial charge in [0.1, 0.15) is 5.78 Å². The molecule has 2 rings (SSSR count). The number of thioether (sulfide) groups is 1. The molecule has 0 spiro atoms. The van der Waals surface area contributed by atoms with Crippen LogP contribution in [0.25, 0.3) is 0 Å². The lowest BCUT2D eigenvalue weighted by molar-refractivity contribution is -0.122. The quantitative estimate of drug-likeness (QED) is 0.641. The van der Waals surface area contributed by atoms with E-state index in [1.54, 1.807) is 0 Å². The lowest BCUT2D eigenvalue weighted by Crippen LogP contribution is -2.34. The fourth-order valence-electron chi connectivity index (χ4n) is 4.43. The second-order valence-corrected chi connectivity index (χ2v) is 8.42. The topological polar surface area (TPSA) is 34.1 Å². The normalized spacial score (nSPS) is 29.6. The van der Waals surface area contributed by atoms with Crippen LogP contribution >= 0.6 is 11.8 Å². The van der Waals surface area contributed by atoms with Crippen molar-refractivity contribution in [1.82, 2.24) is 0 Å². The summed E-state index contributed by atoms with van der Waals surface area (Å²) in [7, 11) is 0. The van der Waals surface area contributed by atoms with Crippen molar-refractivity contribution in [2.45, 2.75) is 78.1 Å². The van der Waals surface area contributed by atoms with Gasteiger partial charge in [0.15, 0.2) is 5.12 Å². The van der Waals surface area contributed by atoms with Gasteiger partial charge in [0, 0.05) is 24.0 Å². The van der Waals surface area contributed by atoms with Crippen LogP contribution in [0.5, 0.6) is 0 Å². The number of ketones is 1. The maximum Gasteiger partial charge on any atom is 0.192 e. The maximum atomic E-state index is 12.6. The Balaban J connectivity index is 1.75. The predicted octanol–water partition coefficient (Wildman–Crippen LogP) is 5.25. The first kappa shape index (κ1) is 18.0. The summed E-state index contributed by atoms with van der Waals surface area (Å²) in [5, 5.41) is 0.382. The van der Waals surface area contributed by atoms with Crippen LogP contribution in [-0.4, -0.2) is 16.7 Å². The van der Waals surface area contributed by atoms with Gasteiger partial charge in [-0.1, -0.05) is 64.1 Å². The Bertz CT molecular complexity index is 378. The molecule has 0 heterocycles. The Morgan fingerprint density at radius 3 is 2.59 bits per heavy atom. The van der Waals surface area contributed by atoms with Crippen molar-refractivity contribution < 1.29 is 9.59 Å². The molecule has 0 aromatic heterocycles. The molecular formula is C19H32O2S. The van der Waals surface area contributed by atoms with E-state index in [4.69, 9.17) is 0 Å². The van der Waals surface area contributed by atoms with Crippen molar-refractivity contribution in [3.8, 4) is 0 Å². The smallest absolute Gasteiger partial charge is 0.192 e. The van der Waals surface area contributed by atoms with E-state index in [0.29, 0.717) is 29.0 Å². The highest BCUT2D eigenvalue weighted by atomic mass is 32.2. The van der Waals surface area contributed by atoms with Crippen molar-refractivity contribution in [2.24, 2.45) is 23.7 Å². The third kappa shape index (κ3) is 4.84. The molecule has 2 fully saturated rings.